The van der Waals surface area contributed by atoms with Crippen LogP contribution in [0.15, 0.2) is 25.7 Å². The van der Waals surface area contributed by atoms with Crippen LogP contribution in [0.2, 0.25) is 0 Å². The van der Waals surface area contributed by atoms with E-state index in [-0.39, 0.29) is 0 Å². The molecule has 6 heteroatoms. The largest absolute Gasteiger partial charge is 0.516 e. The third-order valence-electron chi connectivity index (χ3n) is 0.883. The Balaban J connectivity index is 3.79. The fraction of sp³-hybridized carbons (Fsp3) is 0.250. The van der Waals surface area contributed by atoms with Gasteiger partial charge in [0, 0.05) is 6.92 Å². The molecule has 14 heavy (non-hydrogen) atoms. The van der Waals surface area contributed by atoms with Crippen LogP contribution in [0, 0.1) is 0 Å². The Morgan fingerprint density at radius 3 is 1.71 bits per heavy atom. The van der Waals surface area contributed by atoms with Gasteiger partial charge < -0.3 is 18.9 Å². The zero-order valence-corrected chi connectivity index (χ0v) is 7.60. The minimum Gasteiger partial charge on any atom is -0.404 e. The van der Waals surface area contributed by atoms with Crippen LogP contribution in [-0.4, -0.2) is 18.6 Å². The minimum absolute atomic E-state index is 0.886. The van der Waals surface area contributed by atoms with E-state index in [1.807, 2.05) is 0 Å². The molecule has 0 unspecified atom stereocenters. The molecule has 0 aliphatic heterocycles. The quantitative estimate of drug-likeness (QED) is 0.394. The highest BCUT2D eigenvalue weighted by molar-refractivity contribution is 5.62. The highest BCUT2D eigenvalue weighted by Crippen LogP contribution is 1.99. The van der Waals surface area contributed by atoms with Crippen molar-refractivity contribution in [3.8, 4) is 0 Å². The molecule has 78 valence electrons. The molecular weight excluding hydrogens is 192 g/mol. The summed E-state index contributed by atoms with van der Waals surface area (Å²) in [6, 6.07) is 0. The molecule has 0 aromatic heterocycles. The topological polar surface area (TPSA) is 71.1 Å². The van der Waals surface area contributed by atoms with E-state index in [1.165, 1.54) is 6.92 Å². The number of hydrogen-bond acceptors (Lipinski definition) is 6. The zero-order valence-electron chi connectivity index (χ0n) is 7.60. The first-order chi connectivity index (χ1) is 6.60. The van der Waals surface area contributed by atoms with E-state index < -0.39 is 18.6 Å². The summed E-state index contributed by atoms with van der Waals surface area (Å²) >= 11 is 0. The number of carbonyl (C=O) groups excluding carboxylic acids is 2. The van der Waals surface area contributed by atoms with E-state index in [0.29, 0.717) is 0 Å². The number of rotatable bonds is 4. The number of hydrogen-bond donors (Lipinski definition) is 0. The SMILES string of the molecule is C=COC(=O)OC(C)OC(=O)OC=C. The van der Waals surface area contributed by atoms with Crippen molar-refractivity contribution in [3.05, 3.63) is 25.7 Å². The minimum atomic E-state index is -1.12. The molecule has 0 spiro atoms. The van der Waals surface area contributed by atoms with Crippen molar-refractivity contribution in [2.75, 3.05) is 0 Å². The number of ether oxygens (including phenoxy) is 4. The highest BCUT2D eigenvalue weighted by atomic mass is 16.8. The Hall–Kier alpha value is -1.98. The maximum absolute atomic E-state index is 10.6. The van der Waals surface area contributed by atoms with E-state index in [0.717, 1.165) is 12.5 Å². The van der Waals surface area contributed by atoms with Crippen molar-refractivity contribution in [2.45, 2.75) is 13.2 Å². The fourth-order valence-corrected chi connectivity index (χ4v) is 0.487. The fourth-order valence-electron chi connectivity index (χ4n) is 0.487. The predicted molar refractivity (Wildman–Crippen MR) is 45.0 cm³/mol. The number of carbonyl (C=O) groups is 2. The Kier molecular flexibility index (Phi) is 5.60. The van der Waals surface area contributed by atoms with Crippen LogP contribution in [0.4, 0.5) is 9.59 Å². The summed E-state index contributed by atoms with van der Waals surface area (Å²) in [4.78, 5) is 21.2. The maximum Gasteiger partial charge on any atom is 0.516 e. The lowest BCUT2D eigenvalue weighted by Gasteiger charge is -2.11. The summed E-state index contributed by atoms with van der Waals surface area (Å²) < 4.78 is 17.2. The van der Waals surface area contributed by atoms with Crippen LogP contribution in [0.25, 0.3) is 0 Å². The summed E-state index contributed by atoms with van der Waals surface area (Å²) in [5.74, 6) is 0. The Morgan fingerprint density at radius 1 is 1.07 bits per heavy atom. The monoisotopic (exact) mass is 202 g/mol. The van der Waals surface area contributed by atoms with E-state index in [9.17, 15) is 9.59 Å². The van der Waals surface area contributed by atoms with E-state index in [4.69, 9.17) is 0 Å². The molecule has 0 radical (unpaired) electrons. The molecule has 0 fully saturated rings. The smallest absolute Gasteiger partial charge is 0.404 e. The lowest BCUT2D eigenvalue weighted by Crippen LogP contribution is -2.21. The van der Waals surface area contributed by atoms with Gasteiger partial charge in [0.25, 0.3) is 6.29 Å². The summed E-state index contributed by atoms with van der Waals surface area (Å²) in [6.45, 7) is 7.57. The van der Waals surface area contributed by atoms with Gasteiger partial charge >= 0.3 is 12.3 Å². The normalized spacial score (nSPS) is 8.71. The predicted octanol–water partition coefficient (Wildman–Crippen LogP) is 1.93. The van der Waals surface area contributed by atoms with Crippen molar-refractivity contribution in [1.29, 1.82) is 0 Å². The lowest BCUT2D eigenvalue weighted by molar-refractivity contribution is -0.0816. The molecule has 0 N–H and O–H groups in total. The molecule has 0 atom stereocenters. The average molecular weight is 202 g/mol. The van der Waals surface area contributed by atoms with Crippen molar-refractivity contribution in [1.82, 2.24) is 0 Å². The van der Waals surface area contributed by atoms with E-state index in [1.54, 1.807) is 0 Å². The summed E-state index contributed by atoms with van der Waals surface area (Å²) in [5, 5.41) is 0. The first kappa shape index (κ1) is 12.0. The molecule has 0 aliphatic rings. The van der Waals surface area contributed by atoms with Gasteiger partial charge in [0.15, 0.2) is 0 Å². The van der Waals surface area contributed by atoms with Gasteiger partial charge in [0.05, 0.1) is 12.5 Å². The summed E-state index contributed by atoms with van der Waals surface area (Å²) in [5.41, 5.74) is 0. The molecular formula is C8H10O6. The first-order valence-corrected chi connectivity index (χ1v) is 3.56. The maximum atomic E-state index is 10.6. The third-order valence-corrected chi connectivity index (χ3v) is 0.883. The van der Waals surface area contributed by atoms with Gasteiger partial charge in [-0.15, -0.1) is 0 Å². The lowest BCUT2D eigenvalue weighted by atomic mass is 10.7. The molecule has 0 aromatic carbocycles. The molecule has 0 amide bonds. The average Bonchev–Trinajstić information content (AvgIpc) is 2.03. The molecule has 0 aliphatic carbocycles. The molecule has 0 aromatic rings. The van der Waals surface area contributed by atoms with Crippen LogP contribution in [0.5, 0.6) is 0 Å². The molecule has 0 heterocycles. The van der Waals surface area contributed by atoms with Crippen molar-refractivity contribution < 1.29 is 28.5 Å². The molecule has 0 bridgehead atoms. The first-order valence-electron chi connectivity index (χ1n) is 3.56. The van der Waals surface area contributed by atoms with Crippen molar-refractivity contribution in [2.24, 2.45) is 0 Å². The molecule has 6 nitrogen and oxygen atoms in total. The van der Waals surface area contributed by atoms with Gasteiger partial charge in [0.2, 0.25) is 0 Å². The second-order valence-corrected chi connectivity index (χ2v) is 1.87. The molecule has 0 saturated heterocycles. The second kappa shape index (κ2) is 6.53. The van der Waals surface area contributed by atoms with Gasteiger partial charge in [-0.1, -0.05) is 13.2 Å². The summed E-state index contributed by atoms with van der Waals surface area (Å²) in [7, 11) is 0. The van der Waals surface area contributed by atoms with Gasteiger partial charge in [-0.2, -0.15) is 0 Å². The highest BCUT2D eigenvalue weighted by Gasteiger charge is 2.14. The summed E-state index contributed by atoms with van der Waals surface area (Å²) in [6.07, 6.45) is -1.40. The molecule has 0 saturated carbocycles. The van der Waals surface area contributed by atoms with Crippen LogP contribution < -0.4 is 0 Å². The standard InChI is InChI=1S/C8H10O6/c1-4-11-7(9)13-6(3)14-8(10)12-5-2/h4-6H,1-2H2,3H3. The van der Waals surface area contributed by atoms with Gasteiger partial charge in [-0.3, -0.25) is 0 Å². The Bertz CT molecular complexity index is 210. The zero-order chi connectivity index (χ0) is 11.0. The van der Waals surface area contributed by atoms with E-state index >= 15 is 0 Å². The Labute approximate surface area is 80.7 Å². The van der Waals surface area contributed by atoms with Crippen molar-refractivity contribution in [3.63, 3.8) is 0 Å². The van der Waals surface area contributed by atoms with Crippen molar-refractivity contribution >= 4 is 12.3 Å². The third kappa shape index (κ3) is 5.64. The van der Waals surface area contributed by atoms with Crippen LogP contribution in [0.3, 0.4) is 0 Å². The van der Waals surface area contributed by atoms with Crippen LogP contribution in [0.1, 0.15) is 6.92 Å². The van der Waals surface area contributed by atoms with Gasteiger partial charge in [-0.05, 0) is 0 Å². The molecule has 0 rings (SSSR count). The van der Waals surface area contributed by atoms with Gasteiger partial charge in [-0.25, -0.2) is 9.59 Å². The van der Waals surface area contributed by atoms with E-state index in [2.05, 4.69) is 32.1 Å². The van der Waals surface area contributed by atoms with Gasteiger partial charge in [0.1, 0.15) is 0 Å². The second-order valence-electron chi connectivity index (χ2n) is 1.87. The van der Waals surface area contributed by atoms with Crippen LogP contribution >= 0.6 is 0 Å². The Morgan fingerprint density at radius 2 is 1.43 bits per heavy atom. The van der Waals surface area contributed by atoms with Crippen LogP contribution in [-0.2, 0) is 18.9 Å².